The molecule has 0 fully saturated rings. The predicted molar refractivity (Wildman–Crippen MR) is 115 cm³/mol. The van der Waals surface area contributed by atoms with Gasteiger partial charge in [-0.25, -0.2) is 0 Å². The number of halogens is 4. The van der Waals surface area contributed by atoms with Gasteiger partial charge in [-0.15, -0.1) is 0 Å². The summed E-state index contributed by atoms with van der Waals surface area (Å²) in [5.41, 5.74) is 0.648. The Kier molecular flexibility index (Phi) is 6.03. The highest BCUT2D eigenvalue weighted by Crippen LogP contribution is 2.47. The molecule has 1 atom stereocenters. The molecule has 0 saturated carbocycles. The first-order valence-corrected chi connectivity index (χ1v) is 10.8. The third kappa shape index (κ3) is 4.01. The largest absolute Gasteiger partial charge is 0.494 e. The Morgan fingerprint density at radius 3 is 2.59 bits per heavy atom. The molecule has 2 aliphatic rings. The topological polar surface area (TPSA) is 46.6 Å². The molecule has 1 unspecified atom stereocenters. The molecule has 2 aromatic rings. The van der Waals surface area contributed by atoms with Crippen LogP contribution in [-0.4, -0.2) is 18.3 Å². The highest BCUT2D eigenvalue weighted by atomic mass is 35.5. The Morgan fingerprint density at radius 2 is 1.88 bits per heavy atom. The zero-order valence-corrected chi connectivity index (χ0v) is 18.1. The van der Waals surface area contributed by atoms with E-state index < -0.39 is 23.6 Å². The van der Waals surface area contributed by atoms with E-state index in [0.29, 0.717) is 42.9 Å². The number of ether oxygens (including phenoxy) is 1. The van der Waals surface area contributed by atoms with E-state index in [1.54, 1.807) is 6.07 Å². The van der Waals surface area contributed by atoms with Crippen LogP contribution in [0.4, 0.5) is 18.9 Å². The van der Waals surface area contributed by atoms with Gasteiger partial charge in [0.2, 0.25) is 5.91 Å². The Bertz CT molecular complexity index is 1110. The first kappa shape index (κ1) is 22.4. The van der Waals surface area contributed by atoms with Crippen LogP contribution >= 0.6 is 11.6 Å². The van der Waals surface area contributed by atoms with Gasteiger partial charge in [0.15, 0.2) is 5.78 Å². The van der Waals surface area contributed by atoms with Gasteiger partial charge >= 0.3 is 6.18 Å². The number of rotatable bonds is 4. The van der Waals surface area contributed by atoms with E-state index in [4.69, 9.17) is 16.3 Å². The smallest absolute Gasteiger partial charge is 0.416 e. The lowest BCUT2D eigenvalue weighted by atomic mass is 9.77. The van der Waals surface area contributed by atoms with Crippen LogP contribution in [-0.2, 0) is 15.8 Å². The van der Waals surface area contributed by atoms with Crippen molar-refractivity contribution in [1.29, 1.82) is 0 Å². The number of allylic oxidation sites excluding steroid dienone is 2. The number of nitrogens with zero attached hydrogens (tertiary/aromatic N) is 1. The highest BCUT2D eigenvalue weighted by molar-refractivity contribution is 6.34. The number of carbonyl (C=O) groups excluding carboxylic acids is 2. The highest BCUT2D eigenvalue weighted by Gasteiger charge is 2.42. The lowest BCUT2D eigenvalue weighted by Gasteiger charge is -2.39. The van der Waals surface area contributed by atoms with Crippen molar-refractivity contribution in [2.45, 2.75) is 44.7 Å². The van der Waals surface area contributed by atoms with Gasteiger partial charge in [0.1, 0.15) is 5.75 Å². The van der Waals surface area contributed by atoms with Gasteiger partial charge in [0, 0.05) is 35.6 Å². The molecule has 1 aliphatic carbocycles. The van der Waals surface area contributed by atoms with Crippen molar-refractivity contribution in [2.75, 3.05) is 11.5 Å². The van der Waals surface area contributed by atoms with Gasteiger partial charge in [0.25, 0.3) is 0 Å². The molecule has 0 saturated heterocycles. The van der Waals surface area contributed by atoms with Crippen LogP contribution in [0.3, 0.4) is 0 Å². The summed E-state index contributed by atoms with van der Waals surface area (Å²) < 4.78 is 45.7. The number of Topliss-reactive ketones (excluding diaryl/α,β-unsaturated/α-hetero) is 1. The molecule has 4 nitrogen and oxygen atoms in total. The monoisotopic (exact) mass is 463 g/mol. The molecule has 1 amide bonds. The number of hydrogen-bond donors (Lipinski definition) is 0. The zero-order valence-electron chi connectivity index (χ0n) is 17.3. The summed E-state index contributed by atoms with van der Waals surface area (Å²) in [6.07, 6.45) is -3.42. The van der Waals surface area contributed by atoms with E-state index in [0.717, 1.165) is 23.8 Å². The Labute approximate surface area is 188 Å². The van der Waals surface area contributed by atoms with Crippen molar-refractivity contribution >= 4 is 29.0 Å². The summed E-state index contributed by atoms with van der Waals surface area (Å²) in [7, 11) is 0. The van der Waals surface area contributed by atoms with Crippen molar-refractivity contribution in [1.82, 2.24) is 0 Å². The van der Waals surface area contributed by atoms with Crippen LogP contribution in [0.1, 0.15) is 49.7 Å². The fraction of sp³-hybridized carbons (Fsp3) is 0.333. The maximum atomic E-state index is 13.3. The minimum Gasteiger partial charge on any atom is -0.494 e. The number of ketones is 1. The summed E-state index contributed by atoms with van der Waals surface area (Å²) in [5, 5.41) is 0.0180. The van der Waals surface area contributed by atoms with Crippen molar-refractivity contribution in [2.24, 2.45) is 0 Å². The Morgan fingerprint density at radius 1 is 1.12 bits per heavy atom. The summed E-state index contributed by atoms with van der Waals surface area (Å²) in [6, 6.07) is 10.1. The average molecular weight is 464 g/mol. The first-order valence-electron chi connectivity index (χ1n) is 10.4. The number of amides is 1. The minimum absolute atomic E-state index is 0.0180. The second-order valence-electron chi connectivity index (χ2n) is 7.76. The molecule has 0 spiro atoms. The molecule has 1 aliphatic heterocycles. The molecule has 8 heteroatoms. The summed E-state index contributed by atoms with van der Waals surface area (Å²) in [4.78, 5) is 27.6. The van der Waals surface area contributed by atoms with Gasteiger partial charge in [-0.3, -0.25) is 14.5 Å². The molecular formula is C24H21ClF3NO3. The molecule has 2 aromatic carbocycles. The molecule has 32 heavy (non-hydrogen) atoms. The normalized spacial score (nSPS) is 19.3. The molecule has 168 valence electrons. The van der Waals surface area contributed by atoms with Gasteiger partial charge in [-0.1, -0.05) is 29.8 Å². The molecule has 0 aromatic heterocycles. The third-order valence-corrected chi connectivity index (χ3v) is 6.10. The minimum atomic E-state index is -4.59. The SMILES string of the molecule is CCOc1ccccc1C1CC(=O)N(c2cc(C(F)(F)F)ccc2Cl)C2=C1C(=O)CCC2. The van der Waals surface area contributed by atoms with Gasteiger partial charge in [-0.2, -0.15) is 13.2 Å². The van der Waals surface area contributed by atoms with E-state index in [2.05, 4.69) is 0 Å². The Hall–Kier alpha value is -2.80. The van der Waals surface area contributed by atoms with E-state index in [9.17, 15) is 22.8 Å². The molecule has 1 heterocycles. The number of para-hydroxylation sites is 1. The van der Waals surface area contributed by atoms with Gasteiger partial charge < -0.3 is 4.74 Å². The van der Waals surface area contributed by atoms with Crippen molar-refractivity contribution in [3.8, 4) is 5.75 Å². The maximum absolute atomic E-state index is 13.3. The second-order valence-corrected chi connectivity index (χ2v) is 8.16. The predicted octanol–water partition coefficient (Wildman–Crippen LogP) is 6.29. The van der Waals surface area contributed by atoms with Gasteiger partial charge in [-0.05, 0) is 44.0 Å². The quantitative estimate of drug-likeness (QED) is 0.535. The first-order chi connectivity index (χ1) is 15.2. The lowest BCUT2D eigenvalue weighted by Crippen LogP contribution is -2.41. The summed E-state index contributed by atoms with van der Waals surface area (Å²) >= 11 is 6.24. The molecule has 4 rings (SSSR count). The maximum Gasteiger partial charge on any atom is 0.416 e. The molecule has 0 N–H and O–H groups in total. The van der Waals surface area contributed by atoms with Crippen molar-refractivity contribution < 1.29 is 27.5 Å². The number of alkyl halides is 3. The van der Waals surface area contributed by atoms with E-state index >= 15 is 0 Å². The lowest BCUT2D eigenvalue weighted by molar-refractivity contribution is -0.137. The number of benzene rings is 2. The van der Waals surface area contributed by atoms with E-state index in [-0.39, 0.29) is 22.9 Å². The van der Waals surface area contributed by atoms with Crippen molar-refractivity contribution in [3.63, 3.8) is 0 Å². The van der Waals surface area contributed by atoms with Crippen LogP contribution in [0.2, 0.25) is 5.02 Å². The van der Waals surface area contributed by atoms with Crippen LogP contribution in [0.25, 0.3) is 0 Å². The molecule has 0 bridgehead atoms. The Balaban J connectivity index is 1.89. The van der Waals surface area contributed by atoms with Crippen LogP contribution in [0.15, 0.2) is 53.7 Å². The van der Waals surface area contributed by atoms with Crippen LogP contribution < -0.4 is 9.64 Å². The van der Waals surface area contributed by atoms with Crippen LogP contribution in [0, 0.1) is 0 Å². The summed E-state index contributed by atoms with van der Waals surface area (Å²) in [5.74, 6) is -0.448. The van der Waals surface area contributed by atoms with E-state index in [1.807, 2.05) is 25.1 Å². The fourth-order valence-corrected chi connectivity index (χ4v) is 4.66. The number of carbonyl (C=O) groups is 2. The zero-order chi connectivity index (χ0) is 23.0. The fourth-order valence-electron chi connectivity index (χ4n) is 4.45. The van der Waals surface area contributed by atoms with Crippen molar-refractivity contribution in [3.05, 3.63) is 69.9 Å². The van der Waals surface area contributed by atoms with E-state index in [1.165, 1.54) is 4.90 Å². The van der Waals surface area contributed by atoms with Crippen LogP contribution in [0.5, 0.6) is 5.75 Å². The standard InChI is InChI=1S/C24H21ClF3NO3/c1-2-32-21-9-4-3-6-15(21)16-13-22(31)29(18-7-5-8-20(30)23(16)18)19-12-14(24(26,27)28)10-11-17(19)25/h3-4,6,9-12,16H,2,5,7-8,13H2,1H3. The van der Waals surface area contributed by atoms with Gasteiger partial charge in [0.05, 0.1) is 22.9 Å². The third-order valence-electron chi connectivity index (χ3n) is 5.78. The summed E-state index contributed by atoms with van der Waals surface area (Å²) in [6.45, 7) is 2.26. The molecule has 0 radical (unpaired) electrons. The number of anilines is 1. The average Bonchev–Trinajstić information content (AvgIpc) is 2.74. The second kappa shape index (κ2) is 8.62. The molecular weight excluding hydrogens is 443 g/mol. The number of hydrogen-bond acceptors (Lipinski definition) is 3.